The number of rotatable bonds is 5. The minimum Gasteiger partial charge on any atom is -0.465 e. The third-order valence-corrected chi connectivity index (χ3v) is 5.85. The molecule has 0 saturated heterocycles. The largest absolute Gasteiger partial charge is 0.465 e. The van der Waals surface area contributed by atoms with Crippen molar-refractivity contribution in [2.45, 2.75) is 64.3 Å². The fourth-order valence-electron chi connectivity index (χ4n) is 3.94. The van der Waals surface area contributed by atoms with E-state index in [9.17, 15) is 41.0 Å². The lowest BCUT2D eigenvalue weighted by atomic mass is 9.81. The average Bonchev–Trinajstić information content (AvgIpc) is 2.68. The Balaban J connectivity index is 1.98. The number of hydrogen-bond donors (Lipinski definition) is 2. The molecule has 33 heavy (non-hydrogen) atoms. The molecule has 1 aliphatic rings. The molecule has 2 amide bonds. The Kier molecular flexibility index (Phi) is 7.96. The predicted molar refractivity (Wildman–Crippen MR) is 109 cm³/mol. The van der Waals surface area contributed by atoms with Crippen molar-refractivity contribution in [1.29, 1.82) is 0 Å². The van der Waals surface area contributed by atoms with Gasteiger partial charge in [0.25, 0.3) is 5.91 Å². The van der Waals surface area contributed by atoms with Crippen LogP contribution >= 0.6 is 0 Å². The quantitative estimate of drug-likeness (QED) is 0.503. The molecule has 0 unspecified atom stereocenters. The first-order chi connectivity index (χ1) is 15.0. The normalized spacial score (nSPS) is 19.8. The van der Waals surface area contributed by atoms with Gasteiger partial charge in [0.1, 0.15) is 0 Å². The first-order valence-electron chi connectivity index (χ1n) is 10.6. The number of halogens is 6. The Hall–Kier alpha value is -2.46. The molecular formula is C22H28F6N2O3. The van der Waals surface area contributed by atoms with Gasteiger partial charge in [0.2, 0.25) is 0 Å². The zero-order valence-electron chi connectivity index (χ0n) is 18.6. The summed E-state index contributed by atoms with van der Waals surface area (Å²) in [5.74, 6) is -0.852. The molecular weight excluding hydrogens is 454 g/mol. The Morgan fingerprint density at radius 2 is 1.36 bits per heavy atom. The van der Waals surface area contributed by atoms with E-state index in [1.165, 1.54) is 4.90 Å². The van der Waals surface area contributed by atoms with Gasteiger partial charge < -0.3 is 15.3 Å². The number of hydrogen-bond acceptors (Lipinski definition) is 2. The van der Waals surface area contributed by atoms with Gasteiger partial charge in [-0.3, -0.25) is 4.79 Å². The number of nitrogens with zero attached hydrogens (tertiary/aromatic N) is 1. The summed E-state index contributed by atoms with van der Waals surface area (Å²) < 4.78 is 77.9. The van der Waals surface area contributed by atoms with Crippen molar-refractivity contribution in [3.05, 3.63) is 34.9 Å². The van der Waals surface area contributed by atoms with Crippen LogP contribution in [0.1, 0.15) is 67.9 Å². The Morgan fingerprint density at radius 3 is 1.76 bits per heavy atom. The predicted octanol–water partition coefficient (Wildman–Crippen LogP) is 6.04. The molecule has 186 valence electrons. The van der Waals surface area contributed by atoms with Crippen molar-refractivity contribution in [2.75, 3.05) is 13.1 Å². The summed E-state index contributed by atoms with van der Waals surface area (Å²) in [7, 11) is 0. The van der Waals surface area contributed by atoms with Crippen LogP contribution in [0.3, 0.4) is 0 Å². The van der Waals surface area contributed by atoms with Crippen LogP contribution in [0.25, 0.3) is 0 Å². The first-order valence-corrected chi connectivity index (χ1v) is 10.6. The van der Waals surface area contributed by atoms with Gasteiger partial charge in [-0.05, 0) is 76.5 Å². The molecule has 1 aromatic carbocycles. The van der Waals surface area contributed by atoms with E-state index < -0.39 is 46.6 Å². The highest BCUT2D eigenvalue weighted by molar-refractivity contribution is 5.94. The van der Waals surface area contributed by atoms with Gasteiger partial charge in [0, 0.05) is 24.2 Å². The number of nitrogens with one attached hydrogen (secondary N) is 1. The average molecular weight is 482 g/mol. The molecule has 2 rings (SSSR count). The summed E-state index contributed by atoms with van der Waals surface area (Å²) in [6.45, 7) is 5.91. The van der Waals surface area contributed by atoms with E-state index >= 15 is 0 Å². The Labute approximate surface area is 188 Å². The molecule has 11 heteroatoms. The summed E-state index contributed by atoms with van der Waals surface area (Å²) >= 11 is 0. The summed E-state index contributed by atoms with van der Waals surface area (Å²) in [5, 5.41) is 11.9. The number of carboxylic acid groups (broad SMARTS) is 1. The molecule has 0 spiro atoms. The molecule has 0 radical (unpaired) electrons. The van der Waals surface area contributed by atoms with Crippen LogP contribution in [-0.4, -0.2) is 40.6 Å². The molecule has 0 aliphatic heterocycles. The molecule has 1 aromatic rings. The number of benzene rings is 1. The minimum atomic E-state index is -5.02. The van der Waals surface area contributed by atoms with Crippen molar-refractivity contribution in [1.82, 2.24) is 10.2 Å². The van der Waals surface area contributed by atoms with E-state index in [0.717, 1.165) is 0 Å². The van der Waals surface area contributed by atoms with Gasteiger partial charge in [-0.15, -0.1) is 0 Å². The van der Waals surface area contributed by atoms with Gasteiger partial charge in [-0.1, -0.05) is 0 Å². The number of carbonyl (C=O) groups excluding carboxylic acids is 1. The fraction of sp³-hybridized carbons (Fsp3) is 0.636. The van der Waals surface area contributed by atoms with E-state index in [1.807, 2.05) is 0 Å². The summed E-state index contributed by atoms with van der Waals surface area (Å²) in [6, 6.07) is 0.805. The Bertz CT molecular complexity index is 821. The molecule has 1 aliphatic carbocycles. The molecule has 5 nitrogen and oxygen atoms in total. The van der Waals surface area contributed by atoms with Crippen LogP contribution in [0.15, 0.2) is 18.2 Å². The first kappa shape index (κ1) is 26.8. The smallest absolute Gasteiger partial charge is 0.416 e. The molecule has 0 heterocycles. The molecule has 0 atom stereocenters. The van der Waals surface area contributed by atoms with Crippen molar-refractivity contribution in [3.63, 3.8) is 0 Å². The van der Waals surface area contributed by atoms with Crippen molar-refractivity contribution < 1.29 is 41.0 Å². The monoisotopic (exact) mass is 482 g/mol. The maximum atomic E-state index is 13.0. The highest BCUT2D eigenvalue weighted by Crippen LogP contribution is 2.36. The highest BCUT2D eigenvalue weighted by atomic mass is 19.4. The van der Waals surface area contributed by atoms with E-state index in [1.54, 1.807) is 20.8 Å². The lowest BCUT2D eigenvalue weighted by Gasteiger charge is -2.38. The SMILES string of the molecule is CC(C)(C)N(C[C@H]1CC[C@H](CNC(=O)c2cc(C(F)(F)F)cc(C(F)(F)F)c2)CC1)C(=O)O. The van der Waals surface area contributed by atoms with Crippen molar-refractivity contribution in [2.24, 2.45) is 11.8 Å². The molecule has 1 fully saturated rings. The summed E-state index contributed by atoms with van der Waals surface area (Å²) in [5.41, 5.74) is -4.32. The van der Waals surface area contributed by atoms with Crippen LogP contribution in [0.2, 0.25) is 0 Å². The second-order valence-electron chi connectivity index (χ2n) is 9.46. The standard InChI is InChI=1S/C22H28F6N2O3/c1-20(2,3)30(19(32)33)12-14-6-4-13(5-7-14)11-29-18(31)15-8-16(21(23,24)25)10-17(9-15)22(26,27)28/h8-10,13-14H,4-7,11-12H2,1-3H3,(H,29,31)(H,32,33)/t13-,14-. The Morgan fingerprint density at radius 1 is 0.909 bits per heavy atom. The zero-order chi connectivity index (χ0) is 25.2. The van der Waals surface area contributed by atoms with E-state index in [4.69, 9.17) is 0 Å². The third-order valence-electron chi connectivity index (χ3n) is 5.85. The summed E-state index contributed by atoms with van der Waals surface area (Å²) in [6.07, 6.45) is -8.30. The number of amides is 2. The minimum absolute atomic E-state index is 0.00556. The molecule has 0 aromatic heterocycles. The topological polar surface area (TPSA) is 69.6 Å². The van der Waals surface area contributed by atoms with E-state index in [-0.39, 0.29) is 24.4 Å². The molecule has 1 saturated carbocycles. The zero-order valence-corrected chi connectivity index (χ0v) is 18.6. The van der Waals surface area contributed by atoms with E-state index in [0.29, 0.717) is 44.4 Å². The van der Waals surface area contributed by atoms with Gasteiger partial charge in [-0.2, -0.15) is 26.3 Å². The van der Waals surface area contributed by atoms with Gasteiger partial charge in [0.15, 0.2) is 0 Å². The second kappa shape index (κ2) is 9.80. The summed E-state index contributed by atoms with van der Waals surface area (Å²) in [4.78, 5) is 25.2. The number of alkyl halides is 6. The molecule has 2 N–H and O–H groups in total. The lowest BCUT2D eigenvalue weighted by molar-refractivity contribution is -0.143. The van der Waals surface area contributed by atoms with Crippen molar-refractivity contribution >= 4 is 12.0 Å². The molecule has 0 bridgehead atoms. The van der Waals surface area contributed by atoms with E-state index in [2.05, 4.69) is 5.32 Å². The fourth-order valence-corrected chi connectivity index (χ4v) is 3.94. The van der Waals surface area contributed by atoms with Gasteiger partial charge in [0.05, 0.1) is 11.1 Å². The third kappa shape index (κ3) is 7.53. The van der Waals surface area contributed by atoms with Gasteiger partial charge in [-0.25, -0.2) is 4.79 Å². The van der Waals surface area contributed by atoms with Crippen LogP contribution < -0.4 is 5.32 Å². The van der Waals surface area contributed by atoms with Gasteiger partial charge >= 0.3 is 18.4 Å². The maximum Gasteiger partial charge on any atom is 0.416 e. The number of carbonyl (C=O) groups is 2. The van der Waals surface area contributed by atoms with Crippen LogP contribution in [0, 0.1) is 11.8 Å². The van der Waals surface area contributed by atoms with Crippen LogP contribution in [0.5, 0.6) is 0 Å². The van der Waals surface area contributed by atoms with Crippen molar-refractivity contribution in [3.8, 4) is 0 Å². The van der Waals surface area contributed by atoms with Crippen LogP contribution in [-0.2, 0) is 12.4 Å². The second-order valence-corrected chi connectivity index (χ2v) is 9.46. The lowest BCUT2D eigenvalue weighted by Crippen LogP contribution is -2.47. The van der Waals surface area contributed by atoms with Crippen LogP contribution in [0.4, 0.5) is 31.1 Å². The highest BCUT2D eigenvalue weighted by Gasteiger charge is 2.37. The maximum absolute atomic E-state index is 13.0.